The number of amides is 4. The van der Waals surface area contributed by atoms with E-state index in [9.17, 15) is 27.6 Å². The van der Waals surface area contributed by atoms with E-state index in [4.69, 9.17) is 10.5 Å². The summed E-state index contributed by atoms with van der Waals surface area (Å²) in [6, 6.07) is -1.06. The summed E-state index contributed by atoms with van der Waals surface area (Å²) in [5.74, 6) is -2.18. The highest BCUT2D eigenvalue weighted by atomic mass is 32.2. The van der Waals surface area contributed by atoms with Gasteiger partial charge in [-0.05, 0) is 57.8 Å². The largest absolute Gasteiger partial charge is 0.436 e. The van der Waals surface area contributed by atoms with Crippen LogP contribution in [0.2, 0.25) is 0 Å². The molecule has 0 aromatic carbocycles. The van der Waals surface area contributed by atoms with E-state index in [-0.39, 0.29) is 18.4 Å². The van der Waals surface area contributed by atoms with Crippen LogP contribution in [0.1, 0.15) is 70.6 Å². The molecule has 0 aromatic rings. The molecule has 2 aliphatic heterocycles. The third-order valence-electron chi connectivity index (χ3n) is 7.50. The van der Waals surface area contributed by atoms with Crippen molar-refractivity contribution in [3.8, 4) is 0 Å². The zero-order valence-corrected chi connectivity index (χ0v) is 21.1. The van der Waals surface area contributed by atoms with Crippen molar-refractivity contribution in [3.05, 3.63) is 12.2 Å². The molecular weight excluding hydrogens is 490 g/mol. The lowest BCUT2D eigenvalue weighted by Gasteiger charge is -2.29. The number of fused-ring (bicyclic) bond motifs is 2. The molecular formula is C23H35N5O7S. The zero-order chi connectivity index (χ0) is 25.9. The molecule has 0 spiro atoms. The van der Waals surface area contributed by atoms with Gasteiger partial charge in [0, 0.05) is 18.5 Å². The highest BCUT2D eigenvalue weighted by molar-refractivity contribution is 7.88. The van der Waals surface area contributed by atoms with Crippen molar-refractivity contribution in [3.63, 3.8) is 0 Å². The molecule has 12 nitrogen and oxygen atoms in total. The number of nitrogens with two attached hydrogens (primary N) is 1. The molecule has 4 rings (SSSR count). The highest BCUT2D eigenvalue weighted by Crippen LogP contribution is 2.45. The van der Waals surface area contributed by atoms with Gasteiger partial charge in [0.05, 0.1) is 0 Å². The maximum atomic E-state index is 13.3. The van der Waals surface area contributed by atoms with Crippen molar-refractivity contribution in [2.45, 2.75) is 94.4 Å². The summed E-state index contributed by atoms with van der Waals surface area (Å²) in [5.41, 5.74) is 3.77. The molecule has 0 bridgehead atoms. The van der Waals surface area contributed by atoms with Gasteiger partial charge in [0.15, 0.2) is 6.10 Å². The maximum absolute atomic E-state index is 13.3. The summed E-state index contributed by atoms with van der Waals surface area (Å²) in [6.45, 7) is 0.303. The van der Waals surface area contributed by atoms with Crippen LogP contribution in [0.3, 0.4) is 0 Å². The first-order valence-electron chi connectivity index (χ1n) is 12.7. The Kier molecular flexibility index (Phi) is 7.88. The van der Waals surface area contributed by atoms with Gasteiger partial charge < -0.3 is 20.7 Å². The van der Waals surface area contributed by atoms with Gasteiger partial charge in [0.1, 0.15) is 11.6 Å². The number of nitrogens with zero attached hydrogens (tertiary/aromatic N) is 1. The average molecular weight is 526 g/mol. The molecule has 3 fully saturated rings. The first-order chi connectivity index (χ1) is 17.1. The fourth-order valence-electron chi connectivity index (χ4n) is 5.16. The van der Waals surface area contributed by atoms with Crippen LogP contribution in [0, 0.1) is 5.92 Å². The molecule has 2 saturated carbocycles. The number of hydrogen-bond acceptors (Lipinski definition) is 7. The Morgan fingerprint density at radius 3 is 2.56 bits per heavy atom. The van der Waals surface area contributed by atoms with E-state index in [0.717, 1.165) is 19.3 Å². The second-order valence-corrected chi connectivity index (χ2v) is 11.6. The number of primary amides is 1. The van der Waals surface area contributed by atoms with Gasteiger partial charge in [0.2, 0.25) is 5.91 Å². The van der Waals surface area contributed by atoms with E-state index in [1.54, 1.807) is 0 Å². The van der Waals surface area contributed by atoms with E-state index in [2.05, 4.69) is 14.8 Å². The molecule has 4 aliphatic rings. The lowest BCUT2D eigenvalue weighted by atomic mass is 9.94. The van der Waals surface area contributed by atoms with Crippen LogP contribution in [0.5, 0.6) is 0 Å². The van der Waals surface area contributed by atoms with Crippen molar-refractivity contribution in [1.82, 2.24) is 19.7 Å². The van der Waals surface area contributed by atoms with Crippen LogP contribution in [0.4, 0.5) is 4.79 Å². The Morgan fingerprint density at radius 2 is 1.86 bits per heavy atom. The summed E-state index contributed by atoms with van der Waals surface area (Å²) < 4.78 is 34.6. The van der Waals surface area contributed by atoms with Crippen LogP contribution in [0.25, 0.3) is 0 Å². The van der Waals surface area contributed by atoms with Gasteiger partial charge >= 0.3 is 16.3 Å². The molecule has 5 N–H and O–H groups in total. The molecule has 4 atom stereocenters. The van der Waals surface area contributed by atoms with Crippen LogP contribution >= 0.6 is 0 Å². The fraction of sp³-hybridized carbons (Fsp3) is 0.739. The molecule has 0 radical (unpaired) electrons. The number of allylic oxidation sites excluding steroid dienone is 1. The molecule has 13 heteroatoms. The summed E-state index contributed by atoms with van der Waals surface area (Å²) in [4.78, 5) is 52.5. The quantitative estimate of drug-likeness (QED) is 0.374. The number of carbonyl (C=O) groups is 4. The van der Waals surface area contributed by atoms with Crippen LogP contribution in [0.15, 0.2) is 12.2 Å². The maximum Gasteiger partial charge on any atom is 0.405 e. The molecule has 36 heavy (non-hydrogen) atoms. The van der Waals surface area contributed by atoms with Gasteiger partial charge in [-0.2, -0.15) is 13.1 Å². The number of hydrogen-bond donors (Lipinski definition) is 4. The third-order valence-corrected chi connectivity index (χ3v) is 8.60. The second kappa shape index (κ2) is 10.8. The summed E-state index contributed by atoms with van der Waals surface area (Å²) in [7, 11) is -4.08. The van der Waals surface area contributed by atoms with Gasteiger partial charge in [-0.1, -0.05) is 25.0 Å². The molecule has 4 amide bonds. The Bertz CT molecular complexity index is 1030. The van der Waals surface area contributed by atoms with Crippen LogP contribution < -0.4 is 20.5 Å². The van der Waals surface area contributed by atoms with Crippen LogP contribution in [-0.4, -0.2) is 67.4 Å². The van der Waals surface area contributed by atoms with Crippen molar-refractivity contribution in [2.75, 3.05) is 6.54 Å². The number of nitrogens with one attached hydrogen (secondary N) is 3. The van der Waals surface area contributed by atoms with E-state index in [1.807, 2.05) is 12.2 Å². The summed E-state index contributed by atoms with van der Waals surface area (Å²) in [5, 5.41) is 2.77. The minimum absolute atomic E-state index is 0.196. The number of carbonyl (C=O) groups excluding carboxylic acids is 4. The van der Waals surface area contributed by atoms with Gasteiger partial charge in [-0.3, -0.25) is 14.4 Å². The topological polar surface area (TPSA) is 177 Å². The Balaban J connectivity index is 1.54. The van der Waals surface area contributed by atoms with Gasteiger partial charge in [-0.15, -0.1) is 0 Å². The average Bonchev–Trinajstić information content (AvgIpc) is 3.24. The van der Waals surface area contributed by atoms with Gasteiger partial charge in [0.25, 0.3) is 11.8 Å². The van der Waals surface area contributed by atoms with E-state index < -0.39 is 51.7 Å². The zero-order valence-electron chi connectivity index (χ0n) is 20.2. The predicted octanol–water partition coefficient (Wildman–Crippen LogP) is 0.340. The van der Waals surface area contributed by atoms with Crippen LogP contribution in [-0.2, 0) is 29.3 Å². The van der Waals surface area contributed by atoms with E-state index >= 15 is 0 Å². The Morgan fingerprint density at radius 1 is 1.08 bits per heavy atom. The molecule has 1 saturated heterocycles. The molecule has 2 heterocycles. The minimum atomic E-state index is -4.08. The molecule has 0 aromatic heterocycles. The van der Waals surface area contributed by atoms with Crippen molar-refractivity contribution < 1.29 is 32.3 Å². The second-order valence-electron chi connectivity index (χ2n) is 10.1. The lowest BCUT2D eigenvalue weighted by molar-refractivity contribution is -0.146. The normalized spacial score (nSPS) is 31.7. The summed E-state index contributed by atoms with van der Waals surface area (Å²) in [6.07, 6.45) is 8.47. The van der Waals surface area contributed by atoms with Crippen molar-refractivity contribution in [2.24, 2.45) is 11.7 Å². The predicted molar refractivity (Wildman–Crippen MR) is 128 cm³/mol. The van der Waals surface area contributed by atoms with E-state index in [1.165, 1.54) is 4.90 Å². The molecule has 2 aliphatic carbocycles. The molecule has 4 unspecified atom stereocenters. The molecule has 200 valence electrons. The fourth-order valence-corrected chi connectivity index (χ4v) is 6.32. The minimum Gasteiger partial charge on any atom is -0.436 e. The first kappa shape index (κ1) is 26.4. The lowest BCUT2D eigenvalue weighted by Crippen LogP contribution is -2.58. The van der Waals surface area contributed by atoms with Crippen molar-refractivity contribution >= 4 is 34.0 Å². The number of ether oxygens (including phenoxy) is 1. The monoisotopic (exact) mass is 525 g/mol. The first-order valence-corrected chi connectivity index (χ1v) is 14.2. The number of rotatable bonds is 5. The Hall–Kier alpha value is -2.67. The summed E-state index contributed by atoms with van der Waals surface area (Å²) >= 11 is 0. The third kappa shape index (κ3) is 6.00. The van der Waals surface area contributed by atoms with Gasteiger partial charge in [-0.25, -0.2) is 9.52 Å². The standard InChI is InChI=1S/C23H35N5O7S/c24-22(32)35-18-12-5-3-1-2-4-8-15-14-23(15,21(31)27-36(33,34)26-16-9-6-10-16)25-19(29)17-11-7-13-28(17)20(18)30/h4,8,15-18,26H,1-3,5-7,9-14H2,(H2,24,32)(H,25,29)(H,27,31). The van der Waals surface area contributed by atoms with Crippen molar-refractivity contribution in [1.29, 1.82) is 0 Å². The smallest absolute Gasteiger partial charge is 0.405 e. The highest BCUT2D eigenvalue weighted by Gasteiger charge is 2.61. The SMILES string of the molecule is NC(=O)OC1CCCCCC=CC2CC2(C(=O)NS(=O)(=O)NC2CCC2)NC(=O)C2CCCN2C1=O. The Labute approximate surface area is 210 Å². The van der Waals surface area contributed by atoms with E-state index in [0.29, 0.717) is 51.5 Å².